The van der Waals surface area contributed by atoms with Gasteiger partial charge in [-0.1, -0.05) is 36.4 Å². The van der Waals surface area contributed by atoms with Crippen molar-refractivity contribution in [2.24, 2.45) is 0 Å². The molecule has 1 aliphatic rings. The van der Waals surface area contributed by atoms with E-state index in [1.807, 2.05) is 6.07 Å². The van der Waals surface area contributed by atoms with E-state index < -0.39 is 17.5 Å². The molecule has 1 aromatic carbocycles. The summed E-state index contributed by atoms with van der Waals surface area (Å²) >= 11 is 0. The van der Waals surface area contributed by atoms with Crippen LogP contribution >= 0.6 is 0 Å². The summed E-state index contributed by atoms with van der Waals surface area (Å²) in [6, 6.07) is 11.8. The highest BCUT2D eigenvalue weighted by Crippen LogP contribution is 2.26. The molecule has 6 heteroatoms. The van der Waals surface area contributed by atoms with Gasteiger partial charge in [0.25, 0.3) is 11.5 Å². The Balaban J connectivity index is 2.12. The molecular weight excluding hydrogens is 282 g/mol. The first-order valence-electron chi connectivity index (χ1n) is 6.88. The molecule has 0 radical (unpaired) electrons. The van der Waals surface area contributed by atoms with E-state index in [9.17, 15) is 14.4 Å². The van der Waals surface area contributed by atoms with Crippen LogP contribution in [-0.2, 0) is 16.9 Å². The van der Waals surface area contributed by atoms with Crippen LogP contribution < -0.4 is 16.2 Å². The molecule has 0 spiro atoms. The third kappa shape index (κ3) is 2.18. The molecule has 0 aliphatic carbocycles. The van der Waals surface area contributed by atoms with Gasteiger partial charge in [-0.2, -0.15) is 0 Å². The van der Waals surface area contributed by atoms with Gasteiger partial charge in [-0.25, -0.2) is 4.79 Å². The lowest BCUT2D eigenvalue weighted by Crippen LogP contribution is -2.49. The zero-order valence-corrected chi connectivity index (χ0v) is 12.0. The standard InChI is InChI=1S/C16H15N3O3/c1-11-6-5-9-19(13(11)20)10-16(12-7-3-2-4-8-12)14(21)17-15(22)18-16/h2-9H,10H2,1H3,(H2,17,18,21,22). The number of hydrogen-bond acceptors (Lipinski definition) is 3. The molecule has 2 heterocycles. The SMILES string of the molecule is Cc1cccn(CC2(c3ccccc3)NC(=O)NC2=O)c1=O. The molecule has 1 saturated heterocycles. The Labute approximate surface area is 126 Å². The number of rotatable bonds is 3. The molecule has 1 aliphatic heterocycles. The average Bonchev–Trinajstić information content (AvgIpc) is 2.80. The lowest BCUT2D eigenvalue weighted by molar-refractivity contribution is -0.124. The Hall–Kier alpha value is -2.89. The predicted molar refractivity (Wildman–Crippen MR) is 80.2 cm³/mol. The van der Waals surface area contributed by atoms with Gasteiger partial charge < -0.3 is 9.88 Å². The van der Waals surface area contributed by atoms with Crippen molar-refractivity contribution in [1.29, 1.82) is 0 Å². The van der Waals surface area contributed by atoms with Crippen molar-refractivity contribution < 1.29 is 9.59 Å². The lowest BCUT2D eigenvalue weighted by atomic mass is 9.89. The van der Waals surface area contributed by atoms with Gasteiger partial charge in [0.2, 0.25) is 0 Å². The number of hydrogen-bond donors (Lipinski definition) is 2. The van der Waals surface area contributed by atoms with Gasteiger partial charge in [-0.15, -0.1) is 0 Å². The summed E-state index contributed by atoms with van der Waals surface area (Å²) in [4.78, 5) is 36.3. The molecule has 3 rings (SSSR count). The fraction of sp³-hybridized carbons (Fsp3) is 0.188. The lowest BCUT2D eigenvalue weighted by Gasteiger charge is -2.27. The summed E-state index contributed by atoms with van der Waals surface area (Å²) in [5, 5.41) is 4.93. The largest absolute Gasteiger partial charge is 0.322 e. The van der Waals surface area contributed by atoms with Crippen LogP contribution in [0.2, 0.25) is 0 Å². The molecule has 22 heavy (non-hydrogen) atoms. The van der Waals surface area contributed by atoms with Crippen LogP contribution in [0.1, 0.15) is 11.1 Å². The third-order valence-corrected chi connectivity index (χ3v) is 3.83. The number of urea groups is 1. The van der Waals surface area contributed by atoms with Gasteiger partial charge in [0.1, 0.15) is 0 Å². The molecule has 1 fully saturated rings. The Morgan fingerprint density at radius 2 is 1.77 bits per heavy atom. The number of imide groups is 1. The topological polar surface area (TPSA) is 80.2 Å². The van der Waals surface area contributed by atoms with Crippen LogP contribution in [0.5, 0.6) is 0 Å². The minimum absolute atomic E-state index is 0.0368. The molecule has 0 saturated carbocycles. The van der Waals surface area contributed by atoms with Gasteiger partial charge >= 0.3 is 6.03 Å². The summed E-state index contributed by atoms with van der Waals surface area (Å²) < 4.78 is 1.44. The summed E-state index contributed by atoms with van der Waals surface area (Å²) in [5.74, 6) is -0.461. The maximum absolute atomic E-state index is 12.4. The van der Waals surface area contributed by atoms with Crippen LogP contribution in [0, 0.1) is 6.92 Å². The smallest absolute Gasteiger partial charge is 0.318 e. The highest BCUT2D eigenvalue weighted by Gasteiger charge is 2.48. The minimum atomic E-state index is -1.28. The van der Waals surface area contributed by atoms with Gasteiger partial charge in [0.15, 0.2) is 5.54 Å². The summed E-state index contributed by atoms with van der Waals surface area (Å²) in [6.45, 7) is 1.75. The van der Waals surface area contributed by atoms with Crippen LogP contribution in [0.4, 0.5) is 4.79 Å². The maximum atomic E-state index is 12.4. The Morgan fingerprint density at radius 3 is 2.41 bits per heavy atom. The van der Waals surface area contributed by atoms with E-state index in [0.29, 0.717) is 11.1 Å². The number of aryl methyl sites for hydroxylation is 1. The van der Waals surface area contributed by atoms with Crippen molar-refractivity contribution >= 4 is 11.9 Å². The molecule has 0 bridgehead atoms. The minimum Gasteiger partial charge on any atom is -0.318 e. The molecule has 112 valence electrons. The van der Waals surface area contributed by atoms with E-state index in [2.05, 4.69) is 10.6 Å². The zero-order valence-electron chi connectivity index (χ0n) is 12.0. The highest BCUT2D eigenvalue weighted by molar-refractivity contribution is 6.07. The number of carbonyl (C=O) groups is 2. The van der Waals surface area contributed by atoms with Gasteiger partial charge in [-0.3, -0.25) is 14.9 Å². The Bertz CT molecular complexity index is 798. The normalized spacial score (nSPS) is 20.6. The van der Waals surface area contributed by atoms with Gasteiger partial charge in [-0.05, 0) is 18.6 Å². The van der Waals surface area contributed by atoms with Gasteiger partial charge in [0, 0.05) is 11.8 Å². The van der Waals surface area contributed by atoms with Crippen LogP contribution in [-0.4, -0.2) is 16.5 Å². The van der Waals surface area contributed by atoms with Crippen molar-refractivity contribution in [2.75, 3.05) is 0 Å². The first kappa shape index (κ1) is 14.1. The van der Waals surface area contributed by atoms with E-state index in [1.165, 1.54) is 4.57 Å². The van der Waals surface area contributed by atoms with Crippen molar-refractivity contribution in [2.45, 2.75) is 19.0 Å². The van der Waals surface area contributed by atoms with Crippen LogP contribution in [0.15, 0.2) is 53.5 Å². The van der Waals surface area contributed by atoms with E-state index in [1.54, 1.807) is 49.5 Å². The summed E-state index contributed by atoms with van der Waals surface area (Å²) in [5.41, 5.74) is -0.260. The van der Waals surface area contributed by atoms with E-state index in [4.69, 9.17) is 0 Å². The molecule has 3 amide bonds. The van der Waals surface area contributed by atoms with Gasteiger partial charge in [0.05, 0.1) is 6.54 Å². The Kier molecular flexibility index (Phi) is 3.29. The number of carbonyl (C=O) groups excluding carboxylic acids is 2. The summed E-state index contributed by atoms with van der Waals surface area (Å²) in [6.07, 6.45) is 1.61. The number of amides is 3. The quantitative estimate of drug-likeness (QED) is 0.826. The highest BCUT2D eigenvalue weighted by atomic mass is 16.2. The first-order chi connectivity index (χ1) is 10.5. The van der Waals surface area contributed by atoms with Crippen LogP contribution in [0.3, 0.4) is 0 Å². The fourth-order valence-electron chi connectivity index (χ4n) is 2.66. The monoisotopic (exact) mass is 297 g/mol. The number of pyridine rings is 1. The maximum Gasteiger partial charge on any atom is 0.322 e. The molecule has 2 aromatic rings. The first-order valence-corrected chi connectivity index (χ1v) is 6.88. The second-order valence-electron chi connectivity index (χ2n) is 5.30. The van der Waals surface area contributed by atoms with Crippen molar-refractivity contribution in [3.63, 3.8) is 0 Å². The number of aromatic nitrogens is 1. The molecular formula is C16H15N3O3. The molecule has 2 N–H and O–H groups in total. The van der Waals surface area contributed by atoms with E-state index in [-0.39, 0.29) is 12.1 Å². The number of nitrogens with one attached hydrogen (secondary N) is 2. The van der Waals surface area contributed by atoms with Crippen molar-refractivity contribution in [3.8, 4) is 0 Å². The molecule has 6 nitrogen and oxygen atoms in total. The van der Waals surface area contributed by atoms with E-state index in [0.717, 1.165) is 0 Å². The third-order valence-electron chi connectivity index (χ3n) is 3.83. The molecule has 1 aromatic heterocycles. The van der Waals surface area contributed by atoms with E-state index >= 15 is 0 Å². The number of nitrogens with zero attached hydrogens (tertiary/aromatic N) is 1. The zero-order chi connectivity index (χ0) is 15.7. The number of benzene rings is 1. The summed E-state index contributed by atoms with van der Waals surface area (Å²) in [7, 11) is 0. The molecule has 1 atom stereocenters. The fourth-order valence-corrected chi connectivity index (χ4v) is 2.66. The molecule has 1 unspecified atom stereocenters. The Morgan fingerprint density at radius 1 is 1.05 bits per heavy atom. The second-order valence-corrected chi connectivity index (χ2v) is 5.30. The average molecular weight is 297 g/mol. The van der Waals surface area contributed by atoms with Crippen LogP contribution in [0.25, 0.3) is 0 Å². The van der Waals surface area contributed by atoms with Crippen molar-refractivity contribution in [1.82, 2.24) is 15.2 Å². The second kappa shape index (κ2) is 5.14. The van der Waals surface area contributed by atoms with Crippen molar-refractivity contribution in [3.05, 3.63) is 70.1 Å². The predicted octanol–water partition coefficient (Wildman–Crippen LogP) is 0.892.